The van der Waals surface area contributed by atoms with Crippen molar-refractivity contribution < 1.29 is 63.3 Å². The van der Waals surface area contributed by atoms with Crippen LogP contribution in [0, 0.1) is 18.5 Å². The second kappa shape index (κ2) is 22.5. The van der Waals surface area contributed by atoms with E-state index in [1.54, 1.807) is 63.9 Å². The van der Waals surface area contributed by atoms with Crippen LogP contribution in [0.1, 0.15) is 59.2 Å². The van der Waals surface area contributed by atoms with Crippen LogP contribution in [0.25, 0.3) is 106 Å². The minimum Gasteiger partial charge on any atom is -0.510 e. The van der Waals surface area contributed by atoms with Gasteiger partial charge in [0, 0.05) is 44.3 Å². The zero-order valence-corrected chi connectivity index (χ0v) is 50.7. The summed E-state index contributed by atoms with van der Waals surface area (Å²) in [5, 5.41) is -2.07. The fraction of sp³-hybridized carbons (Fsp3) is 0.0488. The molecule has 0 saturated heterocycles. The van der Waals surface area contributed by atoms with Crippen molar-refractivity contribution in [3.8, 4) is 84.3 Å². The van der Waals surface area contributed by atoms with E-state index in [4.69, 9.17) is 26.2 Å². The second-order valence-corrected chi connectivity index (χ2v) is 25.5. The van der Waals surface area contributed by atoms with Gasteiger partial charge in [0.25, 0.3) is 6.33 Å². The predicted molar refractivity (Wildman–Crippen MR) is 363 cm³/mol. The number of benzene rings is 12. The minimum atomic E-state index is -6.28. The van der Waals surface area contributed by atoms with Gasteiger partial charge in [0.05, 0.1) is 49.6 Å². The molecule has 0 aliphatic carbocycles. The van der Waals surface area contributed by atoms with E-state index in [1.165, 1.54) is 12.1 Å². The maximum Gasteiger partial charge on any atom is 0.268 e. The summed E-state index contributed by atoms with van der Waals surface area (Å²) in [6, 6.07) is 27.0. The smallest absolute Gasteiger partial charge is 0.268 e. The van der Waals surface area contributed by atoms with E-state index < -0.39 is 179 Å². The Labute approximate surface area is 568 Å². The van der Waals surface area contributed by atoms with Crippen molar-refractivity contribution in [1.29, 1.82) is 0 Å². The summed E-state index contributed by atoms with van der Waals surface area (Å²) >= 11 is 0. The monoisotopic (exact) mass is 1360 g/mol. The van der Waals surface area contributed by atoms with Crippen LogP contribution in [0.4, 0.5) is 0 Å². The van der Waals surface area contributed by atoms with E-state index in [-0.39, 0.29) is 65.7 Å². The molecule has 1 aliphatic rings. The van der Waals surface area contributed by atoms with E-state index >= 15 is 0 Å². The normalized spacial score (nSPS) is 15.7. The maximum atomic E-state index is 10.8. The van der Waals surface area contributed by atoms with Gasteiger partial charge in [0.15, 0.2) is 8.07 Å². The molecule has 428 valence electrons. The first-order valence-electron chi connectivity index (χ1n) is 40.1. The average molecular weight is 1360 g/mol. The second-order valence-electron chi connectivity index (χ2n) is 22.0. The van der Waals surface area contributed by atoms with Gasteiger partial charge in [-0.3, -0.25) is 4.57 Å². The van der Waals surface area contributed by atoms with Crippen LogP contribution >= 0.6 is 0 Å². The Hall–Kier alpha value is -10.2. The molecule has 1 aliphatic heterocycles. The molecule has 0 radical (unpaired) electrons. The summed E-state index contributed by atoms with van der Waals surface area (Å²) in [7, 11) is -6.28. The molecule has 0 saturated carbocycles. The molecule has 0 spiro atoms. The van der Waals surface area contributed by atoms with Crippen molar-refractivity contribution in [3.05, 3.63) is 321 Å². The molecule has 7 heteroatoms. The van der Waals surface area contributed by atoms with Gasteiger partial charge < -0.3 is 13.9 Å². The Morgan fingerprint density at radius 1 is 0.472 bits per heavy atom. The maximum absolute atomic E-state index is 10.8. The molecule has 0 bridgehead atoms. The summed E-state index contributed by atoms with van der Waals surface area (Å²) in [6.07, 6.45) is 5.40. The summed E-state index contributed by atoms with van der Waals surface area (Å²) in [6.45, 7) is 6.42. The van der Waals surface area contributed by atoms with Crippen LogP contribution in [0.3, 0.4) is 0 Å². The summed E-state index contributed by atoms with van der Waals surface area (Å²) < 4.78 is 239. The van der Waals surface area contributed by atoms with Crippen LogP contribution in [-0.4, -0.2) is 22.2 Å². The van der Waals surface area contributed by atoms with Crippen LogP contribution in [-0.2, 0) is 26.5 Å². The van der Waals surface area contributed by atoms with Gasteiger partial charge in [0.2, 0.25) is 0 Å². The van der Waals surface area contributed by atoms with Crippen LogP contribution in [0.5, 0.6) is 11.5 Å². The molecule has 15 aromatic rings. The molecule has 89 heavy (non-hydrogen) atoms. The number of para-hydroxylation sites is 3. The summed E-state index contributed by atoms with van der Waals surface area (Å²) in [5.41, 5.74) is 5.96. The van der Waals surface area contributed by atoms with Gasteiger partial charge in [-0.05, 0) is 123 Å². The number of hydrogen-bond donors (Lipinski definition) is 0. The Bertz CT molecular complexity index is 6410. The van der Waals surface area contributed by atoms with Crippen LogP contribution in [0.2, 0.25) is 0 Å². The van der Waals surface area contributed by atoms with Crippen molar-refractivity contribution in [1.82, 2.24) is 14.1 Å². The molecule has 3 aromatic heterocycles. The number of pyridine rings is 1. The molecule has 0 fully saturated rings. The van der Waals surface area contributed by atoms with Gasteiger partial charge in [0.1, 0.15) is 5.82 Å². The predicted octanol–water partition coefficient (Wildman–Crippen LogP) is 16.9. The number of imidazole rings is 1. The zero-order chi connectivity index (χ0) is 79.8. The molecule has 4 heterocycles. The topological polar surface area (TPSA) is 35.9 Å². The standard InChI is InChI=1S/C82H58N4OSi.Pt/c1-82(2,3)59-48-49-83-79(52-59)86-76-42-19-18-38-71(76)72-47-45-62(54-78(72)86)87-61-28-21-27-60(53-61)84-55-85-80-67(56-24-8-4-9-25-56)39-22-40-74(80)75-51-58(44-46-70(75)68-36-16-17-37-69(68)73-41-23-43-77(84)81(73)85)57-26-20-35-66(50-57)88(63-29-10-5-11-30-63,64-31-12-6-13-32-64)65-33-14-7-15-34-65;/h4-52H,1-3H3;/q-2;/i4D,5D,6D,7D,8D,9D,10D,11D,12D,13D,14D,15D,20D,24D,25D,26D,29D,30D,31D,32D,33D,34D,35D,50D;. The van der Waals surface area contributed by atoms with Crippen LogP contribution < -0.4 is 30.1 Å². The van der Waals surface area contributed by atoms with Gasteiger partial charge in [-0.1, -0.05) is 262 Å². The van der Waals surface area contributed by atoms with E-state index in [1.807, 2.05) is 78.9 Å². The molecule has 0 N–H and O–H groups in total. The third-order valence-electron chi connectivity index (χ3n) is 16.1. The first-order valence-corrected chi connectivity index (χ1v) is 30.1. The van der Waals surface area contributed by atoms with Crippen molar-refractivity contribution in [2.75, 3.05) is 0 Å². The number of fused-ring (bicyclic) bond motifs is 10. The minimum absolute atomic E-state index is 0. The molecular formula is C82H58N4OPtSi-2. The molecule has 5 nitrogen and oxygen atoms in total. The molecule has 16 rings (SSSR count). The quantitative estimate of drug-likeness (QED) is 0.0592. The third kappa shape index (κ3) is 9.41. The summed E-state index contributed by atoms with van der Waals surface area (Å²) in [4.78, 5) is 4.84. The fourth-order valence-electron chi connectivity index (χ4n) is 12.1. The van der Waals surface area contributed by atoms with Gasteiger partial charge in [-0.2, -0.15) is 18.2 Å². The number of hydrogen-bond acceptors (Lipinski definition) is 2. The molecule has 12 aromatic carbocycles. The largest absolute Gasteiger partial charge is 0.510 e. The third-order valence-corrected chi connectivity index (χ3v) is 20.1. The molecule has 0 amide bonds. The zero-order valence-electron chi connectivity index (χ0n) is 71.4. The van der Waals surface area contributed by atoms with Gasteiger partial charge >= 0.3 is 0 Å². The number of ether oxygens (including phenoxy) is 1. The molecular weight excluding hydrogens is 1280 g/mol. The van der Waals surface area contributed by atoms with E-state index in [0.717, 1.165) is 21.9 Å². The fourth-order valence-corrected chi connectivity index (χ4v) is 15.6. The van der Waals surface area contributed by atoms with Crippen molar-refractivity contribution in [3.63, 3.8) is 0 Å². The SMILES string of the molecule is [2H]c1c([2H])c([2H])c(-c2cccc3c2-[n+]2[c-]n(-c4[c-]c(Oc5[c-]c6c(cc5)c5ccccc5n6-c5cc(C(C)(C)C)ccn5)ccc4)c4cccc(c42)-c2ccccc2-c2ccc(-c4c([2H])c([2H])c([2H])c([Si](c5c([2H])c([2H])c([2H])c([2H])c5[2H])(c5c([2H])c([2H])c([2H])c([2H])c5[2H])c5c([2H])c([2H])c([2H])c([2H])c5[2H])c4[2H])cc2-3)c([2H])c1[2H].[Pt]. The molecule has 0 atom stereocenters. The van der Waals surface area contributed by atoms with Crippen molar-refractivity contribution in [2.45, 2.75) is 26.2 Å². The van der Waals surface area contributed by atoms with Crippen LogP contribution in [0.15, 0.2) is 297 Å². The first-order chi connectivity index (χ1) is 53.2. The van der Waals surface area contributed by atoms with Gasteiger partial charge in [-0.25, -0.2) is 4.98 Å². The first kappa shape index (κ1) is 34.9. The number of aromatic nitrogens is 4. The number of rotatable bonds is 10. The van der Waals surface area contributed by atoms with Gasteiger partial charge in [-0.15, -0.1) is 29.7 Å². The van der Waals surface area contributed by atoms with E-state index in [9.17, 15) is 16.4 Å². The Balaban J connectivity index is 0.0000101. The average Bonchev–Trinajstić information content (AvgIpc) is 1.34. The Kier molecular flexibility index (Phi) is 8.83. The van der Waals surface area contributed by atoms with E-state index in [0.29, 0.717) is 56.1 Å². The van der Waals surface area contributed by atoms with Crippen molar-refractivity contribution in [2.24, 2.45) is 0 Å². The number of nitrogens with zero attached hydrogens (tertiary/aromatic N) is 4. The Morgan fingerprint density at radius 2 is 1.06 bits per heavy atom. The van der Waals surface area contributed by atoms with Crippen molar-refractivity contribution >= 4 is 61.7 Å². The van der Waals surface area contributed by atoms with E-state index in [2.05, 4.69) is 49.9 Å². The summed E-state index contributed by atoms with van der Waals surface area (Å²) in [5.74, 6) is 1.31. The Morgan fingerprint density at radius 3 is 1.79 bits per heavy atom. The molecule has 0 unspecified atom stereocenters.